The number of methoxy groups -OCH3 is 2. The third-order valence-electron chi connectivity index (χ3n) is 5.49. The Balaban J connectivity index is 0.00000141. The number of hydrogen-bond donors (Lipinski definition) is 0. The number of ether oxygens (including phenoxy) is 2. The van der Waals surface area contributed by atoms with E-state index in [1.165, 1.54) is 15.9 Å². The lowest BCUT2D eigenvalue weighted by Gasteiger charge is -2.28. The highest BCUT2D eigenvalue weighted by Gasteiger charge is 2.46. The summed E-state index contributed by atoms with van der Waals surface area (Å²) in [6.45, 7) is 4.00. The van der Waals surface area contributed by atoms with Gasteiger partial charge in [-0.15, -0.1) is 0 Å². The number of hydrogen-bond acceptors (Lipinski definition) is 2. The van der Waals surface area contributed by atoms with Gasteiger partial charge in [0.25, 0.3) is 0 Å². The second-order valence-electron chi connectivity index (χ2n) is 7.15. The third-order valence-corrected chi connectivity index (χ3v) is 9.84. The van der Waals surface area contributed by atoms with Crippen LogP contribution in [-0.2, 0) is 6.16 Å². The average molecular weight is 444 g/mol. The number of benzene rings is 4. The topological polar surface area (TPSA) is 18.5 Å². The Morgan fingerprint density at radius 3 is 1.38 bits per heavy atom. The Hall–Kier alpha value is -3.09. The van der Waals surface area contributed by atoms with Crippen LogP contribution in [0, 0.1) is 0 Å². The van der Waals surface area contributed by atoms with Crippen LogP contribution >= 0.6 is 7.26 Å². The molecule has 0 N–H and O–H groups in total. The Morgan fingerprint density at radius 1 is 0.562 bits per heavy atom. The molecule has 0 aliphatic rings. The maximum absolute atomic E-state index is 5.76. The quantitative estimate of drug-likeness (QED) is 0.316. The SMILES string of the molecule is CC.COc1ccc(OC)c(C[P+](c2ccccc2)(c2ccccc2)c2ccccc2)c1. The molecule has 0 heterocycles. The summed E-state index contributed by atoms with van der Waals surface area (Å²) in [4.78, 5) is 0. The predicted molar refractivity (Wildman–Crippen MR) is 140 cm³/mol. The van der Waals surface area contributed by atoms with E-state index in [-0.39, 0.29) is 0 Å². The molecule has 0 unspecified atom stereocenters. The molecule has 4 aromatic carbocycles. The van der Waals surface area contributed by atoms with Crippen LogP contribution in [0.15, 0.2) is 109 Å². The van der Waals surface area contributed by atoms with Crippen molar-refractivity contribution in [3.05, 3.63) is 115 Å². The zero-order valence-corrected chi connectivity index (χ0v) is 20.3. The van der Waals surface area contributed by atoms with Crippen molar-refractivity contribution in [2.45, 2.75) is 20.0 Å². The predicted octanol–water partition coefficient (Wildman–Crippen LogP) is 6.22. The van der Waals surface area contributed by atoms with E-state index < -0.39 is 7.26 Å². The van der Waals surface area contributed by atoms with Crippen molar-refractivity contribution < 1.29 is 9.47 Å². The van der Waals surface area contributed by atoms with Gasteiger partial charge in [0.05, 0.1) is 14.2 Å². The molecule has 0 amide bonds. The van der Waals surface area contributed by atoms with Gasteiger partial charge in [-0.05, 0) is 54.6 Å². The summed E-state index contributed by atoms with van der Waals surface area (Å²) >= 11 is 0. The monoisotopic (exact) mass is 443 g/mol. The van der Waals surface area contributed by atoms with Crippen molar-refractivity contribution in [3.63, 3.8) is 0 Å². The fourth-order valence-electron chi connectivity index (χ4n) is 4.03. The lowest BCUT2D eigenvalue weighted by atomic mass is 10.2. The molecule has 0 saturated carbocycles. The van der Waals surface area contributed by atoms with Gasteiger partial charge in [-0.3, -0.25) is 0 Å². The van der Waals surface area contributed by atoms with E-state index in [0.29, 0.717) is 0 Å². The van der Waals surface area contributed by atoms with Crippen LogP contribution in [-0.4, -0.2) is 14.2 Å². The smallest absolute Gasteiger partial charge is 0.126 e. The summed E-state index contributed by atoms with van der Waals surface area (Å²) in [5.74, 6) is 1.74. The van der Waals surface area contributed by atoms with Crippen molar-refractivity contribution in [1.82, 2.24) is 0 Å². The van der Waals surface area contributed by atoms with Gasteiger partial charge in [-0.1, -0.05) is 68.4 Å². The molecule has 2 nitrogen and oxygen atoms in total. The number of rotatable bonds is 7. The van der Waals surface area contributed by atoms with Crippen LogP contribution in [0.4, 0.5) is 0 Å². The summed E-state index contributed by atoms with van der Waals surface area (Å²) < 4.78 is 11.3. The lowest BCUT2D eigenvalue weighted by Crippen LogP contribution is -2.32. The molecule has 0 bridgehead atoms. The van der Waals surface area contributed by atoms with Crippen molar-refractivity contribution in [2.24, 2.45) is 0 Å². The summed E-state index contributed by atoms with van der Waals surface area (Å²) in [5.41, 5.74) is 1.15. The molecule has 0 aliphatic heterocycles. The van der Waals surface area contributed by atoms with Crippen LogP contribution in [0.1, 0.15) is 19.4 Å². The molecule has 3 heteroatoms. The molecule has 4 aromatic rings. The van der Waals surface area contributed by atoms with Crippen LogP contribution in [0.25, 0.3) is 0 Å². The highest BCUT2D eigenvalue weighted by molar-refractivity contribution is 7.95. The Bertz CT molecular complexity index is 983. The summed E-state index contributed by atoms with van der Waals surface area (Å²) in [7, 11) is 1.46. The van der Waals surface area contributed by atoms with Gasteiger partial charge < -0.3 is 9.47 Å². The third kappa shape index (κ3) is 4.87. The first-order valence-corrected chi connectivity index (χ1v) is 13.0. The largest absolute Gasteiger partial charge is 0.497 e. The minimum atomic E-state index is -1.98. The van der Waals surface area contributed by atoms with E-state index >= 15 is 0 Å². The van der Waals surface area contributed by atoms with Crippen molar-refractivity contribution in [2.75, 3.05) is 14.2 Å². The lowest BCUT2D eigenvalue weighted by molar-refractivity contribution is 0.400. The zero-order valence-electron chi connectivity index (χ0n) is 19.4. The fourth-order valence-corrected chi connectivity index (χ4v) is 8.27. The van der Waals surface area contributed by atoms with E-state index in [4.69, 9.17) is 9.47 Å². The zero-order chi connectivity index (χ0) is 22.8. The average Bonchev–Trinajstić information content (AvgIpc) is 2.90. The first-order chi connectivity index (χ1) is 15.8. The summed E-state index contributed by atoms with van der Waals surface area (Å²) in [6.07, 6.45) is 0.853. The molecule has 0 spiro atoms. The highest BCUT2D eigenvalue weighted by Crippen LogP contribution is 2.59. The van der Waals surface area contributed by atoms with E-state index in [2.05, 4.69) is 97.1 Å². The molecule has 32 heavy (non-hydrogen) atoms. The van der Waals surface area contributed by atoms with Gasteiger partial charge in [0.15, 0.2) is 0 Å². The van der Waals surface area contributed by atoms with E-state index in [1.807, 2.05) is 26.0 Å². The Labute approximate surface area is 193 Å². The fraction of sp³-hybridized carbons (Fsp3) is 0.172. The first-order valence-electron chi connectivity index (χ1n) is 11.0. The van der Waals surface area contributed by atoms with Gasteiger partial charge in [0.1, 0.15) is 40.8 Å². The van der Waals surface area contributed by atoms with E-state index in [1.54, 1.807) is 14.2 Å². The van der Waals surface area contributed by atoms with Gasteiger partial charge in [0.2, 0.25) is 0 Å². The standard InChI is InChI=1S/C27H26O2P.C2H6/c1-28-23-18-19-27(29-2)22(20-23)21-30(24-12-6-3-7-13-24,25-14-8-4-9-15-25)26-16-10-5-11-17-26;1-2/h3-20H,21H2,1-2H3;1-2H3/q+1;. The van der Waals surface area contributed by atoms with Gasteiger partial charge in [-0.25, -0.2) is 0 Å². The maximum Gasteiger partial charge on any atom is 0.126 e. The molecule has 0 radical (unpaired) electrons. The maximum atomic E-state index is 5.76. The molecule has 0 aromatic heterocycles. The summed E-state index contributed by atoms with van der Waals surface area (Å²) in [6, 6.07) is 38.7. The molecule has 4 rings (SSSR count). The van der Waals surface area contributed by atoms with E-state index in [0.717, 1.165) is 23.2 Å². The van der Waals surface area contributed by atoms with Crippen LogP contribution in [0.5, 0.6) is 11.5 Å². The van der Waals surface area contributed by atoms with Crippen molar-refractivity contribution >= 4 is 23.2 Å². The molecule has 0 saturated heterocycles. The van der Waals surface area contributed by atoms with Crippen LogP contribution in [0.2, 0.25) is 0 Å². The second-order valence-corrected chi connectivity index (χ2v) is 10.6. The summed E-state index contributed by atoms with van der Waals surface area (Å²) in [5, 5.41) is 4.06. The van der Waals surface area contributed by atoms with Gasteiger partial charge >= 0.3 is 0 Å². The van der Waals surface area contributed by atoms with Crippen LogP contribution in [0.3, 0.4) is 0 Å². The van der Waals surface area contributed by atoms with Crippen LogP contribution < -0.4 is 25.4 Å². The second kappa shape index (κ2) is 11.5. The molecular weight excluding hydrogens is 411 g/mol. The minimum absolute atomic E-state index is 0.845. The molecular formula is C29H32O2P+. The highest BCUT2D eigenvalue weighted by atomic mass is 31.2. The van der Waals surface area contributed by atoms with Gasteiger partial charge in [-0.2, -0.15) is 0 Å². The Kier molecular flexibility index (Phi) is 8.48. The molecule has 0 fully saturated rings. The normalized spacial score (nSPS) is 10.6. The Morgan fingerprint density at radius 2 is 1.00 bits per heavy atom. The molecule has 0 atom stereocenters. The minimum Gasteiger partial charge on any atom is -0.497 e. The van der Waals surface area contributed by atoms with Crippen molar-refractivity contribution in [1.29, 1.82) is 0 Å². The molecule has 0 aliphatic carbocycles. The van der Waals surface area contributed by atoms with E-state index in [9.17, 15) is 0 Å². The van der Waals surface area contributed by atoms with Gasteiger partial charge in [0, 0.05) is 5.56 Å². The first kappa shape index (κ1) is 23.6. The van der Waals surface area contributed by atoms with Crippen molar-refractivity contribution in [3.8, 4) is 11.5 Å². The molecule has 164 valence electrons.